The van der Waals surface area contributed by atoms with E-state index in [-0.39, 0.29) is 17.2 Å². The number of hydrogen-bond donors (Lipinski definition) is 0. The lowest BCUT2D eigenvalue weighted by molar-refractivity contribution is 0.0465. The number of nitrogens with zero attached hydrogens (tertiary/aromatic N) is 1. The summed E-state index contributed by atoms with van der Waals surface area (Å²) in [6, 6.07) is 20.4. The summed E-state index contributed by atoms with van der Waals surface area (Å²) < 4.78 is 19.1. The van der Waals surface area contributed by atoms with Gasteiger partial charge in [0.1, 0.15) is 18.5 Å². The summed E-state index contributed by atoms with van der Waals surface area (Å²) in [5, 5.41) is 9.44. The van der Waals surface area contributed by atoms with Crippen LogP contribution in [0.15, 0.2) is 76.5 Å². The fourth-order valence-corrected chi connectivity index (χ4v) is 3.61. The molecule has 0 spiro atoms. The maximum absolute atomic E-state index is 13.8. The van der Waals surface area contributed by atoms with Crippen molar-refractivity contribution in [1.29, 1.82) is 5.26 Å². The van der Waals surface area contributed by atoms with Gasteiger partial charge in [-0.1, -0.05) is 53.7 Å². The molecule has 0 saturated carbocycles. The van der Waals surface area contributed by atoms with Crippen LogP contribution in [-0.4, -0.2) is 5.97 Å². The molecule has 0 aliphatic heterocycles. The Morgan fingerprint density at radius 3 is 2.48 bits per heavy atom. The van der Waals surface area contributed by atoms with Crippen molar-refractivity contribution in [2.75, 3.05) is 0 Å². The Bertz CT molecular complexity index is 1010. The first-order chi connectivity index (χ1) is 13.1. The minimum atomic E-state index is -0.591. The largest absolute Gasteiger partial charge is 0.457 e. The molecule has 3 rings (SSSR count). The van der Waals surface area contributed by atoms with Gasteiger partial charge >= 0.3 is 5.97 Å². The van der Waals surface area contributed by atoms with Gasteiger partial charge in [-0.15, -0.1) is 0 Å². The fourth-order valence-electron chi connectivity index (χ4n) is 2.38. The highest BCUT2D eigenvalue weighted by atomic mass is 35.5. The molecule has 0 saturated heterocycles. The van der Waals surface area contributed by atoms with Gasteiger partial charge in [-0.3, -0.25) is 0 Å². The van der Waals surface area contributed by atoms with Crippen molar-refractivity contribution >= 4 is 29.3 Å². The summed E-state index contributed by atoms with van der Waals surface area (Å²) in [7, 11) is 0. The zero-order chi connectivity index (χ0) is 19.2. The summed E-state index contributed by atoms with van der Waals surface area (Å²) >= 11 is 7.26. The molecule has 0 N–H and O–H groups in total. The van der Waals surface area contributed by atoms with Crippen LogP contribution in [0.1, 0.15) is 21.5 Å². The van der Waals surface area contributed by atoms with Crippen LogP contribution < -0.4 is 0 Å². The molecule has 0 radical (unpaired) electrons. The van der Waals surface area contributed by atoms with Gasteiger partial charge in [-0.2, -0.15) is 5.26 Å². The van der Waals surface area contributed by atoms with E-state index in [4.69, 9.17) is 16.3 Å². The van der Waals surface area contributed by atoms with Crippen LogP contribution in [0.25, 0.3) is 0 Å². The quantitative estimate of drug-likeness (QED) is 0.506. The molecule has 134 valence electrons. The summed E-state index contributed by atoms with van der Waals surface area (Å²) in [4.78, 5) is 13.9. The lowest BCUT2D eigenvalue weighted by atomic mass is 10.2. The van der Waals surface area contributed by atoms with Gasteiger partial charge < -0.3 is 4.74 Å². The van der Waals surface area contributed by atoms with Gasteiger partial charge in [0.15, 0.2) is 0 Å². The molecule has 0 atom stereocenters. The molecular weight excluding hydrogens is 385 g/mol. The molecule has 3 aromatic rings. The van der Waals surface area contributed by atoms with Crippen molar-refractivity contribution in [3.05, 3.63) is 94.3 Å². The third-order valence-corrected chi connectivity index (χ3v) is 5.25. The maximum Gasteiger partial charge on any atom is 0.339 e. The normalized spacial score (nSPS) is 10.3. The first kappa shape index (κ1) is 19.0. The Balaban J connectivity index is 1.81. The molecule has 27 heavy (non-hydrogen) atoms. The lowest BCUT2D eigenvalue weighted by Gasteiger charge is -2.11. The van der Waals surface area contributed by atoms with Crippen LogP contribution in [0.4, 0.5) is 4.39 Å². The van der Waals surface area contributed by atoms with E-state index in [1.54, 1.807) is 36.4 Å². The highest BCUT2D eigenvalue weighted by Crippen LogP contribution is 2.33. The molecule has 0 heterocycles. The van der Waals surface area contributed by atoms with Crippen LogP contribution in [0.2, 0.25) is 5.02 Å². The maximum atomic E-state index is 13.8. The third-order valence-electron chi connectivity index (χ3n) is 3.74. The lowest BCUT2D eigenvalue weighted by Crippen LogP contribution is -2.08. The van der Waals surface area contributed by atoms with Gasteiger partial charge in [0, 0.05) is 15.4 Å². The molecule has 0 unspecified atom stereocenters. The van der Waals surface area contributed by atoms with Crippen molar-refractivity contribution in [3.63, 3.8) is 0 Å². The number of ether oxygens (including phenoxy) is 1. The molecule has 0 aliphatic rings. The molecule has 0 aromatic heterocycles. The van der Waals surface area contributed by atoms with Crippen LogP contribution >= 0.6 is 23.4 Å². The number of benzene rings is 3. The number of carbonyl (C=O) groups excluding carboxylic acids is 1. The average Bonchev–Trinajstić information content (AvgIpc) is 2.68. The average molecular weight is 398 g/mol. The van der Waals surface area contributed by atoms with Gasteiger partial charge in [0.05, 0.1) is 16.1 Å². The fraction of sp³-hybridized carbons (Fsp3) is 0.0476. The first-order valence-electron chi connectivity index (χ1n) is 7.96. The Morgan fingerprint density at radius 1 is 1.04 bits per heavy atom. The van der Waals surface area contributed by atoms with Crippen molar-refractivity contribution < 1.29 is 13.9 Å². The minimum Gasteiger partial charge on any atom is -0.457 e. The van der Waals surface area contributed by atoms with E-state index in [9.17, 15) is 14.4 Å². The van der Waals surface area contributed by atoms with Gasteiger partial charge in [-0.05, 0) is 36.4 Å². The second-order valence-corrected chi connectivity index (χ2v) is 6.97. The number of halogens is 2. The van der Waals surface area contributed by atoms with Crippen LogP contribution in [0, 0.1) is 17.1 Å². The molecule has 3 nitrogen and oxygen atoms in total. The standard InChI is InChI=1S/C21H13ClFNO2S/c22-17-8-5-9-18(23)16(17)13-26-21(25)15-7-2-4-11-20(15)27-19-10-3-1-6-14(19)12-24/h1-11H,13H2. The highest BCUT2D eigenvalue weighted by Gasteiger charge is 2.16. The van der Waals surface area contributed by atoms with E-state index in [0.717, 1.165) is 4.90 Å². The van der Waals surface area contributed by atoms with Crippen LogP contribution in [0.3, 0.4) is 0 Å². The predicted octanol–water partition coefficient (Wildman–Crippen LogP) is 5.86. The Labute approximate surface area is 165 Å². The van der Waals surface area contributed by atoms with Crippen LogP contribution in [-0.2, 0) is 11.3 Å². The van der Waals surface area contributed by atoms with Crippen molar-refractivity contribution in [3.8, 4) is 6.07 Å². The zero-order valence-corrected chi connectivity index (χ0v) is 15.6. The van der Waals surface area contributed by atoms with E-state index < -0.39 is 11.8 Å². The van der Waals surface area contributed by atoms with E-state index in [0.29, 0.717) is 16.0 Å². The molecule has 0 fully saturated rings. The monoisotopic (exact) mass is 397 g/mol. The molecule has 6 heteroatoms. The Morgan fingerprint density at radius 2 is 1.74 bits per heavy atom. The Kier molecular flexibility index (Phi) is 6.12. The highest BCUT2D eigenvalue weighted by molar-refractivity contribution is 7.99. The van der Waals surface area contributed by atoms with Gasteiger partial charge in [0.2, 0.25) is 0 Å². The molecule has 3 aromatic carbocycles. The van der Waals surface area contributed by atoms with E-state index in [1.807, 2.05) is 12.1 Å². The summed E-state index contributed by atoms with van der Waals surface area (Å²) in [6.07, 6.45) is 0. The van der Waals surface area contributed by atoms with Crippen molar-refractivity contribution in [2.45, 2.75) is 16.4 Å². The number of carbonyl (C=O) groups is 1. The van der Waals surface area contributed by atoms with Crippen molar-refractivity contribution in [2.24, 2.45) is 0 Å². The number of hydrogen-bond acceptors (Lipinski definition) is 4. The second-order valence-electron chi connectivity index (χ2n) is 5.48. The smallest absolute Gasteiger partial charge is 0.339 e. The number of nitriles is 1. The van der Waals surface area contributed by atoms with E-state index >= 15 is 0 Å². The third kappa shape index (κ3) is 4.48. The van der Waals surface area contributed by atoms with Crippen molar-refractivity contribution in [1.82, 2.24) is 0 Å². The van der Waals surface area contributed by atoms with Gasteiger partial charge in [-0.25, -0.2) is 9.18 Å². The SMILES string of the molecule is N#Cc1ccccc1Sc1ccccc1C(=O)OCc1c(F)cccc1Cl. The minimum absolute atomic E-state index is 0.132. The molecule has 0 aliphatic carbocycles. The molecular formula is C21H13ClFNO2S. The number of rotatable bonds is 5. The Hall–Kier alpha value is -2.81. The van der Waals surface area contributed by atoms with E-state index in [1.165, 1.54) is 30.0 Å². The zero-order valence-electron chi connectivity index (χ0n) is 14.0. The molecule has 0 bridgehead atoms. The second kappa shape index (κ2) is 8.72. The molecule has 0 amide bonds. The van der Waals surface area contributed by atoms with Crippen LogP contribution in [0.5, 0.6) is 0 Å². The van der Waals surface area contributed by atoms with E-state index in [2.05, 4.69) is 6.07 Å². The summed E-state index contributed by atoms with van der Waals surface area (Å²) in [5.74, 6) is -1.12. The number of esters is 1. The first-order valence-corrected chi connectivity index (χ1v) is 9.15. The summed E-state index contributed by atoms with van der Waals surface area (Å²) in [5.41, 5.74) is 0.985. The summed E-state index contributed by atoms with van der Waals surface area (Å²) in [6.45, 7) is -0.266. The van der Waals surface area contributed by atoms with Gasteiger partial charge in [0.25, 0.3) is 0 Å². The predicted molar refractivity (Wildman–Crippen MR) is 102 cm³/mol. The topological polar surface area (TPSA) is 50.1 Å².